The van der Waals surface area contributed by atoms with E-state index >= 15 is 0 Å². The topological polar surface area (TPSA) is 41.6 Å². The number of halogens is 1. The van der Waals surface area contributed by atoms with Gasteiger partial charge in [-0.25, -0.2) is 0 Å². The van der Waals surface area contributed by atoms with E-state index in [2.05, 4.69) is 23.7 Å². The highest BCUT2D eigenvalue weighted by Gasteiger charge is 2.41. The van der Waals surface area contributed by atoms with Gasteiger partial charge in [0.2, 0.25) is 0 Å². The average molecular weight is 280 g/mol. The van der Waals surface area contributed by atoms with Crippen LogP contribution in [-0.4, -0.2) is 18.0 Å². The van der Waals surface area contributed by atoms with Crippen LogP contribution in [0.2, 0.25) is 5.02 Å². The Balaban J connectivity index is 2.38. The second-order valence-corrected chi connectivity index (χ2v) is 5.55. The van der Waals surface area contributed by atoms with E-state index in [4.69, 9.17) is 17.3 Å². The van der Waals surface area contributed by atoms with E-state index in [1.165, 1.54) is 12.8 Å². The number of nitrogens with two attached hydrogens (primary N) is 1. The number of para-hydroxylation sites is 1. The lowest BCUT2D eigenvalue weighted by Gasteiger charge is -2.39. The smallest absolute Gasteiger partial charge is 0.196 e. The predicted octanol–water partition coefficient (Wildman–Crippen LogP) is 3.81. The number of nitrogens with zero attached hydrogens (tertiary/aromatic N) is 2. The molecule has 0 aromatic heterocycles. The first-order valence-corrected chi connectivity index (χ1v) is 7.37. The van der Waals surface area contributed by atoms with Crippen LogP contribution in [0.1, 0.15) is 39.5 Å². The van der Waals surface area contributed by atoms with E-state index in [0.29, 0.717) is 5.96 Å². The van der Waals surface area contributed by atoms with Crippen molar-refractivity contribution in [2.75, 3.05) is 11.4 Å². The molecule has 1 heterocycles. The molecule has 1 aliphatic heterocycles. The summed E-state index contributed by atoms with van der Waals surface area (Å²) in [6.07, 6.45) is 4.47. The molecule has 1 aliphatic rings. The van der Waals surface area contributed by atoms with Crippen molar-refractivity contribution < 1.29 is 0 Å². The first kappa shape index (κ1) is 14.2. The van der Waals surface area contributed by atoms with E-state index < -0.39 is 0 Å². The Morgan fingerprint density at radius 3 is 2.74 bits per heavy atom. The molecule has 19 heavy (non-hydrogen) atoms. The van der Waals surface area contributed by atoms with Crippen LogP contribution in [0.15, 0.2) is 29.3 Å². The normalized spacial score (nSPS) is 22.7. The Kier molecular flexibility index (Phi) is 4.35. The Bertz CT molecular complexity index is 472. The first-order valence-electron chi connectivity index (χ1n) is 6.99. The maximum atomic E-state index is 6.34. The number of guanidine groups is 1. The van der Waals surface area contributed by atoms with Crippen LogP contribution in [0.5, 0.6) is 0 Å². The van der Waals surface area contributed by atoms with Gasteiger partial charge in [0, 0.05) is 0 Å². The van der Waals surface area contributed by atoms with Gasteiger partial charge in [-0.3, -0.25) is 4.99 Å². The number of unbranched alkanes of at least 4 members (excludes halogenated alkanes) is 1. The summed E-state index contributed by atoms with van der Waals surface area (Å²) in [6.45, 7) is 5.18. The number of rotatable bonds is 5. The summed E-state index contributed by atoms with van der Waals surface area (Å²) in [7, 11) is 0. The van der Waals surface area contributed by atoms with Crippen molar-refractivity contribution in [2.24, 2.45) is 10.7 Å². The highest BCUT2D eigenvalue weighted by Crippen LogP contribution is 2.38. The van der Waals surface area contributed by atoms with Crippen molar-refractivity contribution in [2.45, 2.75) is 45.1 Å². The minimum absolute atomic E-state index is 0.00884. The molecule has 2 rings (SSSR count). The van der Waals surface area contributed by atoms with Crippen molar-refractivity contribution in [1.29, 1.82) is 0 Å². The third kappa shape index (κ3) is 2.57. The fraction of sp³-hybridized carbons (Fsp3) is 0.533. The molecule has 3 nitrogen and oxygen atoms in total. The Morgan fingerprint density at radius 2 is 2.11 bits per heavy atom. The third-order valence-electron chi connectivity index (χ3n) is 3.99. The van der Waals surface area contributed by atoms with Crippen LogP contribution < -0.4 is 10.6 Å². The summed E-state index contributed by atoms with van der Waals surface area (Å²) < 4.78 is 0. The van der Waals surface area contributed by atoms with Gasteiger partial charge in [-0.2, -0.15) is 0 Å². The van der Waals surface area contributed by atoms with Crippen LogP contribution in [0.25, 0.3) is 0 Å². The lowest BCUT2D eigenvalue weighted by atomic mass is 9.88. The number of anilines is 1. The van der Waals surface area contributed by atoms with Crippen molar-refractivity contribution in [1.82, 2.24) is 0 Å². The molecule has 104 valence electrons. The number of hydrogen-bond donors (Lipinski definition) is 1. The van der Waals surface area contributed by atoms with E-state index in [9.17, 15) is 0 Å². The van der Waals surface area contributed by atoms with Gasteiger partial charge in [0.05, 0.1) is 22.8 Å². The van der Waals surface area contributed by atoms with Crippen LogP contribution in [0.3, 0.4) is 0 Å². The summed E-state index contributed by atoms with van der Waals surface area (Å²) in [5.41, 5.74) is 7.08. The molecule has 0 radical (unpaired) electrons. The molecule has 1 unspecified atom stereocenters. The zero-order valence-electron chi connectivity index (χ0n) is 11.7. The number of hydrogen-bond acceptors (Lipinski definition) is 3. The minimum atomic E-state index is -0.00884. The molecule has 1 aromatic carbocycles. The highest BCUT2D eigenvalue weighted by molar-refractivity contribution is 6.34. The standard InChI is InChI=1S/C15H22ClN3/c1-3-5-10-15(4-2)11-18-14(17)19(15)13-9-7-6-8-12(13)16/h6-9H,3-5,10-11H2,1-2H3,(H2,17,18). The minimum Gasteiger partial charge on any atom is -0.369 e. The molecule has 4 heteroatoms. The number of aliphatic imine (C=N–C) groups is 1. The van der Waals surface area contributed by atoms with Crippen molar-refractivity contribution >= 4 is 23.2 Å². The van der Waals surface area contributed by atoms with Gasteiger partial charge in [0.25, 0.3) is 0 Å². The van der Waals surface area contributed by atoms with Crippen molar-refractivity contribution in [3.05, 3.63) is 29.3 Å². The second kappa shape index (κ2) is 5.83. The molecule has 0 saturated carbocycles. The Morgan fingerprint density at radius 1 is 1.37 bits per heavy atom. The van der Waals surface area contributed by atoms with E-state index in [1.807, 2.05) is 24.3 Å². The summed E-state index contributed by atoms with van der Waals surface area (Å²) in [5, 5.41) is 0.733. The van der Waals surface area contributed by atoms with Gasteiger partial charge < -0.3 is 10.6 Å². The Hall–Kier alpha value is -1.22. The van der Waals surface area contributed by atoms with Crippen LogP contribution >= 0.6 is 11.6 Å². The van der Waals surface area contributed by atoms with Gasteiger partial charge in [-0.1, -0.05) is 50.4 Å². The third-order valence-corrected chi connectivity index (χ3v) is 4.31. The van der Waals surface area contributed by atoms with Gasteiger partial charge in [0.1, 0.15) is 0 Å². The van der Waals surface area contributed by atoms with Gasteiger partial charge >= 0.3 is 0 Å². The van der Waals surface area contributed by atoms with Crippen molar-refractivity contribution in [3.63, 3.8) is 0 Å². The molecule has 0 amide bonds. The van der Waals surface area contributed by atoms with Gasteiger partial charge in [-0.05, 0) is 25.0 Å². The zero-order chi connectivity index (χ0) is 13.9. The van der Waals surface area contributed by atoms with E-state index in [0.717, 1.165) is 30.1 Å². The fourth-order valence-electron chi connectivity index (χ4n) is 2.77. The molecule has 0 saturated heterocycles. The van der Waals surface area contributed by atoms with Crippen LogP contribution in [0.4, 0.5) is 5.69 Å². The molecular formula is C15H22ClN3. The molecule has 0 bridgehead atoms. The zero-order valence-corrected chi connectivity index (χ0v) is 12.5. The summed E-state index contributed by atoms with van der Waals surface area (Å²) in [4.78, 5) is 6.62. The molecule has 0 aliphatic carbocycles. The van der Waals surface area contributed by atoms with Crippen LogP contribution in [0, 0.1) is 0 Å². The van der Waals surface area contributed by atoms with E-state index in [1.54, 1.807) is 0 Å². The molecular weight excluding hydrogens is 258 g/mol. The highest BCUT2D eigenvalue weighted by atomic mass is 35.5. The average Bonchev–Trinajstić information content (AvgIpc) is 2.75. The monoisotopic (exact) mass is 279 g/mol. The summed E-state index contributed by atoms with van der Waals surface area (Å²) in [5.74, 6) is 0.589. The second-order valence-electron chi connectivity index (χ2n) is 5.14. The lowest BCUT2D eigenvalue weighted by Crippen LogP contribution is -2.51. The molecule has 1 aromatic rings. The van der Waals surface area contributed by atoms with Crippen molar-refractivity contribution in [3.8, 4) is 0 Å². The SMILES string of the molecule is CCCCC1(CC)CN=C(N)N1c1ccccc1Cl. The van der Waals surface area contributed by atoms with Gasteiger partial charge in [-0.15, -0.1) is 0 Å². The molecule has 0 fully saturated rings. The molecule has 1 atom stereocenters. The first-order chi connectivity index (χ1) is 9.14. The number of benzene rings is 1. The van der Waals surface area contributed by atoms with E-state index in [-0.39, 0.29) is 5.54 Å². The summed E-state index contributed by atoms with van der Waals surface area (Å²) >= 11 is 6.34. The fourth-order valence-corrected chi connectivity index (χ4v) is 2.99. The maximum Gasteiger partial charge on any atom is 0.196 e. The molecule has 0 spiro atoms. The largest absolute Gasteiger partial charge is 0.369 e. The van der Waals surface area contributed by atoms with Crippen LogP contribution in [-0.2, 0) is 0 Å². The predicted molar refractivity (Wildman–Crippen MR) is 83.0 cm³/mol. The maximum absolute atomic E-state index is 6.34. The quantitative estimate of drug-likeness (QED) is 0.890. The summed E-state index contributed by atoms with van der Waals surface area (Å²) in [6, 6.07) is 7.86. The van der Waals surface area contributed by atoms with Gasteiger partial charge in [0.15, 0.2) is 5.96 Å². The Labute approximate surface area is 120 Å². The molecule has 2 N–H and O–H groups in total. The lowest BCUT2D eigenvalue weighted by molar-refractivity contribution is 0.394.